The number of nitrogens with zero attached hydrogens (tertiary/aromatic N) is 4. The molecule has 0 atom stereocenters. The molecule has 0 aliphatic carbocycles. The SMILES string of the molecule is COc1cccc2cc(C(=O)Nc3ccc(Nc4cc(-n5ccnc5)ncn4)cc3)oc12. The van der Waals surface area contributed by atoms with Crippen LogP contribution in [0.5, 0.6) is 5.75 Å². The van der Waals surface area contributed by atoms with E-state index >= 15 is 0 Å². The standard InChI is InChI=1S/C23H18N6O3/c1-31-18-4-2-3-15-11-19(32-22(15)18)23(30)28-17-7-5-16(6-8-17)27-20-12-21(26-13-25-20)29-10-9-24-14-29/h2-14H,1H3,(H,28,30)(H,25,26,27). The maximum atomic E-state index is 12.6. The highest BCUT2D eigenvalue weighted by atomic mass is 16.5. The van der Waals surface area contributed by atoms with Crippen molar-refractivity contribution < 1.29 is 13.9 Å². The lowest BCUT2D eigenvalue weighted by Crippen LogP contribution is -2.10. The number of anilines is 3. The van der Waals surface area contributed by atoms with E-state index in [1.165, 1.54) is 6.33 Å². The number of carbonyl (C=O) groups excluding carboxylic acids is 1. The van der Waals surface area contributed by atoms with Crippen LogP contribution in [-0.2, 0) is 0 Å². The second kappa shape index (κ2) is 8.23. The summed E-state index contributed by atoms with van der Waals surface area (Å²) in [7, 11) is 1.56. The van der Waals surface area contributed by atoms with Crippen molar-refractivity contribution in [2.45, 2.75) is 0 Å². The molecular weight excluding hydrogens is 408 g/mol. The van der Waals surface area contributed by atoms with E-state index in [-0.39, 0.29) is 11.7 Å². The van der Waals surface area contributed by atoms with Crippen LogP contribution in [0.2, 0.25) is 0 Å². The first-order valence-electron chi connectivity index (χ1n) is 9.75. The van der Waals surface area contributed by atoms with Gasteiger partial charge in [0.15, 0.2) is 17.1 Å². The number of methoxy groups -OCH3 is 1. The molecule has 0 spiro atoms. The fraction of sp³-hybridized carbons (Fsp3) is 0.0435. The van der Waals surface area contributed by atoms with Crippen molar-refractivity contribution in [2.24, 2.45) is 0 Å². The van der Waals surface area contributed by atoms with Gasteiger partial charge in [0.25, 0.3) is 5.91 Å². The number of aromatic nitrogens is 4. The Balaban J connectivity index is 1.28. The predicted molar refractivity (Wildman–Crippen MR) is 120 cm³/mol. The van der Waals surface area contributed by atoms with Crippen molar-refractivity contribution in [3.8, 4) is 11.6 Å². The van der Waals surface area contributed by atoms with Gasteiger partial charge in [-0.25, -0.2) is 15.0 Å². The van der Waals surface area contributed by atoms with E-state index in [9.17, 15) is 4.79 Å². The van der Waals surface area contributed by atoms with Gasteiger partial charge in [-0.05, 0) is 36.4 Å². The van der Waals surface area contributed by atoms with Gasteiger partial charge >= 0.3 is 0 Å². The van der Waals surface area contributed by atoms with Crippen LogP contribution in [0.4, 0.5) is 17.2 Å². The van der Waals surface area contributed by atoms with Crippen molar-refractivity contribution in [3.05, 3.63) is 85.4 Å². The van der Waals surface area contributed by atoms with Gasteiger partial charge in [0.1, 0.15) is 24.3 Å². The van der Waals surface area contributed by atoms with E-state index in [0.717, 1.165) is 11.1 Å². The van der Waals surface area contributed by atoms with E-state index in [1.54, 1.807) is 48.5 Å². The maximum absolute atomic E-state index is 12.6. The number of hydrogen-bond donors (Lipinski definition) is 2. The maximum Gasteiger partial charge on any atom is 0.291 e. The third kappa shape index (κ3) is 3.86. The molecule has 32 heavy (non-hydrogen) atoms. The number of fused-ring (bicyclic) bond motifs is 1. The Morgan fingerprint density at radius 2 is 1.91 bits per heavy atom. The number of furan rings is 1. The molecule has 0 saturated carbocycles. The molecule has 0 aliphatic heterocycles. The highest BCUT2D eigenvalue weighted by Gasteiger charge is 2.15. The van der Waals surface area contributed by atoms with E-state index in [2.05, 4.69) is 25.6 Å². The summed E-state index contributed by atoms with van der Waals surface area (Å²) < 4.78 is 12.8. The first-order chi connectivity index (χ1) is 15.7. The molecule has 158 valence electrons. The summed E-state index contributed by atoms with van der Waals surface area (Å²) in [5.74, 6) is 1.78. The number of benzene rings is 2. The zero-order chi connectivity index (χ0) is 21.9. The first-order valence-corrected chi connectivity index (χ1v) is 9.75. The molecule has 3 aromatic heterocycles. The van der Waals surface area contributed by atoms with E-state index in [1.807, 2.05) is 36.5 Å². The van der Waals surface area contributed by atoms with Crippen LogP contribution < -0.4 is 15.4 Å². The minimum Gasteiger partial charge on any atom is -0.493 e. The number of carbonyl (C=O) groups is 1. The quantitative estimate of drug-likeness (QED) is 0.414. The number of amides is 1. The Morgan fingerprint density at radius 3 is 2.69 bits per heavy atom. The predicted octanol–water partition coefficient (Wildman–Crippen LogP) is 4.41. The van der Waals surface area contributed by atoms with Crippen LogP contribution in [0.15, 0.2) is 84.1 Å². The van der Waals surface area contributed by atoms with Crippen molar-refractivity contribution >= 4 is 34.1 Å². The van der Waals surface area contributed by atoms with Crippen molar-refractivity contribution in [3.63, 3.8) is 0 Å². The van der Waals surface area contributed by atoms with E-state index < -0.39 is 0 Å². The van der Waals surface area contributed by atoms with Crippen molar-refractivity contribution in [2.75, 3.05) is 17.7 Å². The van der Waals surface area contributed by atoms with Crippen molar-refractivity contribution in [1.82, 2.24) is 19.5 Å². The summed E-state index contributed by atoms with van der Waals surface area (Å²) in [5.41, 5.74) is 1.99. The smallest absolute Gasteiger partial charge is 0.291 e. The molecule has 5 aromatic rings. The summed E-state index contributed by atoms with van der Waals surface area (Å²) in [4.78, 5) is 25.1. The number of hydrogen-bond acceptors (Lipinski definition) is 7. The molecule has 2 aromatic carbocycles. The van der Waals surface area contributed by atoms with Gasteiger partial charge in [-0.2, -0.15) is 0 Å². The van der Waals surface area contributed by atoms with Gasteiger partial charge in [-0.3, -0.25) is 9.36 Å². The fourth-order valence-electron chi connectivity index (χ4n) is 3.24. The molecule has 2 N–H and O–H groups in total. The summed E-state index contributed by atoms with van der Waals surface area (Å²) in [6.07, 6.45) is 6.64. The minimum atomic E-state index is -0.343. The minimum absolute atomic E-state index is 0.208. The van der Waals surface area contributed by atoms with Crippen LogP contribution in [0.3, 0.4) is 0 Å². The molecule has 0 fully saturated rings. The normalized spacial score (nSPS) is 10.8. The lowest BCUT2D eigenvalue weighted by atomic mass is 10.2. The Bertz CT molecular complexity index is 1380. The average molecular weight is 426 g/mol. The van der Waals surface area contributed by atoms with Crippen LogP contribution in [0.25, 0.3) is 16.8 Å². The van der Waals surface area contributed by atoms with Gasteiger partial charge < -0.3 is 19.8 Å². The number of nitrogens with one attached hydrogen (secondary N) is 2. The molecule has 0 aliphatic rings. The van der Waals surface area contributed by atoms with Crippen LogP contribution in [0, 0.1) is 0 Å². The van der Waals surface area contributed by atoms with Gasteiger partial charge in [0.05, 0.1) is 7.11 Å². The molecule has 9 heteroatoms. The molecule has 3 heterocycles. The van der Waals surface area contributed by atoms with Crippen LogP contribution in [-0.4, -0.2) is 32.5 Å². The van der Waals surface area contributed by atoms with Gasteiger partial charge in [0, 0.05) is 35.2 Å². The summed E-state index contributed by atoms with van der Waals surface area (Å²) in [5, 5.41) is 6.86. The Labute approximate surface area is 182 Å². The topological polar surface area (TPSA) is 107 Å². The molecule has 0 saturated heterocycles. The van der Waals surface area contributed by atoms with Gasteiger partial charge in [-0.1, -0.05) is 12.1 Å². The molecule has 5 rings (SSSR count). The lowest BCUT2D eigenvalue weighted by molar-refractivity contribution is 0.0998. The summed E-state index contributed by atoms with van der Waals surface area (Å²) in [6.45, 7) is 0. The third-order valence-electron chi connectivity index (χ3n) is 4.79. The Kier molecular flexibility index (Phi) is 4.97. The number of ether oxygens (including phenoxy) is 1. The zero-order valence-electron chi connectivity index (χ0n) is 17.0. The largest absolute Gasteiger partial charge is 0.493 e. The average Bonchev–Trinajstić information content (AvgIpc) is 3.51. The first kappa shape index (κ1) is 19.3. The molecular formula is C23H18N6O3. The van der Waals surface area contributed by atoms with E-state index in [0.29, 0.717) is 28.7 Å². The number of para-hydroxylation sites is 1. The molecule has 0 bridgehead atoms. The highest BCUT2D eigenvalue weighted by Crippen LogP contribution is 2.29. The van der Waals surface area contributed by atoms with Crippen LogP contribution >= 0.6 is 0 Å². The van der Waals surface area contributed by atoms with Crippen LogP contribution in [0.1, 0.15) is 10.6 Å². The number of imidazole rings is 1. The summed E-state index contributed by atoms with van der Waals surface area (Å²) >= 11 is 0. The number of rotatable bonds is 6. The lowest BCUT2D eigenvalue weighted by Gasteiger charge is -2.08. The van der Waals surface area contributed by atoms with E-state index in [4.69, 9.17) is 9.15 Å². The monoisotopic (exact) mass is 426 g/mol. The highest BCUT2D eigenvalue weighted by molar-refractivity contribution is 6.05. The fourth-order valence-corrected chi connectivity index (χ4v) is 3.24. The Hall–Kier alpha value is -4.66. The summed E-state index contributed by atoms with van der Waals surface area (Å²) in [6, 6.07) is 16.3. The zero-order valence-corrected chi connectivity index (χ0v) is 17.0. The molecule has 0 unspecified atom stereocenters. The van der Waals surface area contributed by atoms with Gasteiger partial charge in [0.2, 0.25) is 0 Å². The second-order valence-corrected chi connectivity index (χ2v) is 6.88. The third-order valence-corrected chi connectivity index (χ3v) is 4.79. The Morgan fingerprint density at radius 1 is 1.06 bits per heavy atom. The van der Waals surface area contributed by atoms with Gasteiger partial charge in [-0.15, -0.1) is 0 Å². The second-order valence-electron chi connectivity index (χ2n) is 6.88. The molecule has 0 radical (unpaired) electrons. The van der Waals surface area contributed by atoms with Crippen molar-refractivity contribution in [1.29, 1.82) is 0 Å². The molecule has 9 nitrogen and oxygen atoms in total. The molecule has 1 amide bonds.